The van der Waals surface area contributed by atoms with Crippen molar-refractivity contribution in [3.63, 3.8) is 0 Å². The third kappa shape index (κ3) is 6.94. The van der Waals surface area contributed by atoms with E-state index in [1.807, 2.05) is 0 Å². The summed E-state index contributed by atoms with van der Waals surface area (Å²) in [4.78, 5) is 0. The van der Waals surface area contributed by atoms with E-state index < -0.39 is 28.6 Å². The molecule has 2 aromatic rings. The van der Waals surface area contributed by atoms with Crippen molar-refractivity contribution in [2.75, 3.05) is 49.3 Å². The van der Waals surface area contributed by atoms with E-state index in [0.29, 0.717) is 0 Å². The van der Waals surface area contributed by atoms with Crippen LogP contribution in [-0.2, 0) is 0 Å². The van der Waals surface area contributed by atoms with Gasteiger partial charge in [0.1, 0.15) is 0 Å². The van der Waals surface area contributed by atoms with Gasteiger partial charge >= 0.3 is 30.3 Å². The lowest BCUT2D eigenvalue weighted by Gasteiger charge is -2.43. The van der Waals surface area contributed by atoms with Crippen LogP contribution in [-0.4, -0.2) is 89.9 Å². The fraction of sp³-hybridized carbons (Fsp3) is 0.571. The highest BCUT2D eigenvalue weighted by Crippen LogP contribution is 2.74. The first-order valence-corrected chi connectivity index (χ1v) is 22.2. The molecule has 8 heteroatoms. The maximum absolute atomic E-state index is 7.46. The minimum atomic E-state index is -1.91. The molecule has 0 aliphatic carbocycles. The summed E-state index contributed by atoms with van der Waals surface area (Å²) in [5.41, 5.74) is 0. The molecule has 4 unspecified atom stereocenters. The SMILES string of the molecule is [B][P+]1(c2ccccc2)CC[P+]([B])(c2ccccc2)CC[P+]([B])(C(C)(C)C)CC[P+]([B])(C(C)(C)C)CC1. The monoisotopic (exact) mass is 548 g/mol. The second-order valence-corrected chi connectivity index (χ2v) is 28.5. The molecule has 36 heavy (non-hydrogen) atoms. The van der Waals surface area contributed by atoms with Gasteiger partial charge in [0.05, 0.1) is 70.2 Å². The average Bonchev–Trinajstić information content (AvgIpc) is 2.83. The Hall–Kier alpha value is 0.420. The van der Waals surface area contributed by atoms with Crippen LogP contribution in [0.2, 0.25) is 0 Å². The minimum absolute atomic E-state index is 0.0794. The topological polar surface area (TPSA) is 0 Å². The summed E-state index contributed by atoms with van der Waals surface area (Å²) in [5, 5.41) is 2.79. The predicted octanol–water partition coefficient (Wildman–Crippen LogP) is 6.65. The molecule has 1 heterocycles. The Labute approximate surface area is 230 Å². The largest absolute Gasteiger partial charge is 0.371 e. The molecule has 3 rings (SSSR count). The van der Waals surface area contributed by atoms with Crippen molar-refractivity contribution in [2.24, 2.45) is 0 Å². The molecule has 0 bridgehead atoms. The van der Waals surface area contributed by atoms with E-state index in [2.05, 4.69) is 102 Å². The molecule has 0 saturated carbocycles. The molecule has 0 amide bonds. The molecule has 0 spiro atoms. The molecule has 184 valence electrons. The van der Waals surface area contributed by atoms with E-state index in [0.717, 1.165) is 49.3 Å². The van der Waals surface area contributed by atoms with Crippen molar-refractivity contribution < 1.29 is 0 Å². The van der Waals surface area contributed by atoms with Gasteiger partial charge in [-0.15, -0.1) is 0 Å². The first-order chi connectivity index (χ1) is 16.5. The van der Waals surface area contributed by atoms with Crippen LogP contribution >= 0.6 is 28.6 Å². The van der Waals surface area contributed by atoms with Gasteiger partial charge in [-0.05, 0) is 80.1 Å². The normalized spacial score (nSPS) is 33.3. The van der Waals surface area contributed by atoms with Crippen LogP contribution in [0, 0.1) is 0 Å². The van der Waals surface area contributed by atoms with E-state index in [1.54, 1.807) is 0 Å². The number of hydrogen-bond donors (Lipinski definition) is 0. The highest BCUT2D eigenvalue weighted by atomic mass is 31.2. The number of hydrogen-bond acceptors (Lipinski definition) is 0. The van der Waals surface area contributed by atoms with Crippen LogP contribution in [0.1, 0.15) is 41.5 Å². The Morgan fingerprint density at radius 3 is 0.972 bits per heavy atom. The zero-order valence-corrected chi connectivity index (χ0v) is 27.1. The standard InChI is InChI=1S/C28H44B4P4/c1-27(2,3)35(31)21-19-33(29,25-13-9-7-10-14-25)17-18-34(30,26-15-11-8-12-16-26)20-22-36(32,24-23-35)28(4,5)6/h7-16H,17-24H2,1-6H3/q+4. The summed E-state index contributed by atoms with van der Waals surface area (Å²) in [6, 6.07) is 21.7. The van der Waals surface area contributed by atoms with E-state index in [1.165, 1.54) is 10.6 Å². The molecule has 0 N–H and O–H groups in total. The summed E-state index contributed by atoms with van der Waals surface area (Å²) in [6.07, 6.45) is 8.11. The van der Waals surface area contributed by atoms with Crippen LogP contribution in [0.4, 0.5) is 0 Å². The Bertz CT molecular complexity index is 913. The summed E-state index contributed by atoms with van der Waals surface area (Å²) >= 11 is 0. The van der Waals surface area contributed by atoms with E-state index in [4.69, 9.17) is 30.3 Å². The Morgan fingerprint density at radius 2 is 0.694 bits per heavy atom. The molecule has 1 aliphatic heterocycles. The highest BCUT2D eigenvalue weighted by molar-refractivity contribution is 8.08. The lowest BCUT2D eigenvalue weighted by molar-refractivity contribution is 0.768. The second kappa shape index (κ2) is 11.5. The number of rotatable bonds is 2. The van der Waals surface area contributed by atoms with Gasteiger partial charge in [0.15, 0.2) is 0 Å². The molecule has 1 fully saturated rings. The fourth-order valence-corrected chi connectivity index (χ4v) is 22.7. The molecule has 0 aromatic heterocycles. The first-order valence-electron chi connectivity index (χ1n) is 13.3. The van der Waals surface area contributed by atoms with Gasteiger partial charge in [0.2, 0.25) is 0 Å². The van der Waals surface area contributed by atoms with Crippen molar-refractivity contribution in [2.45, 2.75) is 51.9 Å². The van der Waals surface area contributed by atoms with Gasteiger partial charge in [-0.2, -0.15) is 0 Å². The average molecular weight is 548 g/mol. The Morgan fingerprint density at radius 1 is 0.444 bits per heavy atom. The molecule has 1 aliphatic rings. The molecular formula is C28H44B4P4+4. The minimum Gasteiger partial charge on any atom is -0.0620 e. The molecule has 8 radical (unpaired) electrons. The van der Waals surface area contributed by atoms with Gasteiger partial charge in [0.25, 0.3) is 0 Å². The van der Waals surface area contributed by atoms with Crippen LogP contribution in [0.3, 0.4) is 0 Å². The lowest BCUT2D eigenvalue weighted by atomic mass is 10.2. The zero-order valence-electron chi connectivity index (χ0n) is 23.5. The van der Waals surface area contributed by atoms with Crippen molar-refractivity contribution in [1.29, 1.82) is 0 Å². The molecule has 1 saturated heterocycles. The maximum Gasteiger partial charge on any atom is 0.371 e. The summed E-state index contributed by atoms with van der Waals surface area (Å²) in [5.74, 6) is 0. The maximum atomic E-state index is 7.46. The van der Waals surface area contributed by atoms with Gasteiger partial charge in [0, 0.05) is 14.3 Å². The lowest BCUT2D eigenvalue weighted by Crippen LogP contribution is -2.35. The van der Waals surface area contributed by atoms with E-state index in [-0.39, 0.29) is 10.3 Å². The van der Waals surface area contributed by atoms with Crippen molar-refractivity contribution in [3.05, 3.63) is 60.7 Å². The summed E-state index contributed by atoms with van der Waals surface area (Å²) < 4.78 is 0. The molecule has 0 nitrogen and oxygen atoms in total. The molecular weight excluding hydrogens is 503 g/mol. The van der Waals surface area contributed by atoms with Gasteiger partial charge in [-0.1, -0.05) is 36.4 Å². The van der Waals surface area contributed by atoms with Gasteiger partial charge in [-0.25, -0.2) is 0 Å². The second-order valence-electron chi connectivity index (χ2n) is 12.9. The quantitative estimate of drug-likeness (QED) is 0.292. The molecule has 2 aromatic carbocycles. The first kappa shape index (κ1) is 31.0. The Balaban J connectivity index is 2.09. The zero-order chi connectivity index (χ0) is 26.9. The predicted molar refractivity (Wildman–Crippen MR) is 181 cm³/mol. The molecule has 4 atom stereocenters. The summed E-state index contributed by atoms with van der Waals surface area (Å²) in [6.45, 7) is 14.0. The third-order valence-corrected chi connectivity index (χ3v) is 26.4. The highest BCUT2D eigenvalue weighted by Gasteiger charge is 2.54. The van der Waals surface area contributed by atoms with Crippen LogP contribution in [0.5, 0.6) is 0 Å². The summed E-state index contributed by atoms with van der Waals surface area (Å²) in [7, 11) is 22.5. The third-order valence-electron chi connectivity index (χ3n) is 8.80. The van der Waals surface area contributed by atoms with Crippen LogP contribution < -0.4 is 10.6 Å². The van der Waals surface area contributed by atoms with Crippen LogP contribution in [0.25, 0.3) is 0 Å². The smallest absolute Gasteiger partial charge is 0.0620 e. The Kier molecular flexibility index (Phi) is 9.88. The van der Waals surface area contributed by atoms with Crippen molar-refractivity contribution in [3.8, 4) is 0 Å². The number of benzene rings is 2. The van der Waals surface area contributed by atoms with Crippen molar-refractivity contribution in [1.82, 2.24) is 0 Å². The van der Waals surface area contributed by atoms with Crippen molar-refractivity contribution >= 4 is 69.4 Å². The van der Waals surface area contributed by atoms with Gasteiger partial charge < -0.3 is 0 Å². The van der Waals surface area contributed by atoms with E-state index >= 15 is 0 Å². The van der Waals surface area contributed by atoms with E-state index in [9.17, 15) is 0 Å². The van der Waals surface area contributed by atoms with Crippen LogP contribution in [0.15, 0.2) is 60.7 Å². The van der Waals surface area contributed by atoms with Gasteiger partial charge in [-0.3, -0.25) is 0 Å². The fourth-order valence-electron chi connectivity index (χ4n) is 5.18.